The molecule has 6 heteroatoms. The summed E-state index contributed by atoms with van der Waals surface area (Å²) in [6.45, 7) is 5.59. The summed E-state index contributed by atoms with van der Waals surface area (Å²) in [7, 11) is 2.18. The highest BCUT2D eigenvalue weighted by atomic mass is 79.9. The van der Waals surface area contributed by atoms with Crippen LogP contribution < -0.4 is 4.90 Å². The minimum Gasteiger partial charge on any atom is -0.343 e. The molecule has 1 fully saturated rings. The van der Waals surface area contributed by atoms with Gasteiger partial charge in [-0.25, -0.2) is 0 Å². The molecule has 0 bridgehead atoms. The van der Waals surface area contributed by atoms with E-state index in [1.165, 1.54) is 13.0 Å². The molecule has 15 heavy (non-hydrogen) atoms. The first-order valence-electron chi connectivity index (χ1n) is 5.11. The fraction of sp³-hybridized carbons (Fsp3) is 0.778. The number of likely N-dealkylation sites (N-methyl/N-ethyl adjacent to an activating group) is 1. The van der Waals surface area contributed by atoms with Crippen LogP contribution in [0, 0.1) is 0 Å². The van der Waals surface area contributed by atoms with Crippen molar-refractivity contribution >= 4 is 32.4 Å². The van der Waals surface area contributed by atoms with Crippen LogP contribution in [0.1, 0.15) is 13.3 Å². The van der Waals surface area contributed by atoms with Crippen LogP contribution in [-0.4, -0.2) is 47.8 Å². The fourth-order valence-corrected chi connectivity index (χ4v) is 3.19. The number of anilines is 1. The summed E-state index contributed by atoms with van der Waals surface area (Å²) in [6, 6.07) is 0.511. The van der Waals surface area contributed by atoms with Crippen LogP contribution in [0.4, 0.5) is 5.13 Å². The largest absolute Gasteiger partial charge is 0.343 e. The molecule has 2 heterocycles. The lowest BCUT2D eigenvalue weighted by Gasteiger charge is -2.26. The van der Waals surface area contributed by atoms with Gasteiger partial charge in [0.1, 0.15) is 0 Å². The summed E-state index contributed by atoms with van der Waals surface area (Å²) >= 11 is 4.97. The monoisotopic (exact) mass is 290 g/mol. The normalized spacial score (nSPS) is 24.2. The fourth-order valence-electron chi connectivity index (χ4n) is 1.97. The maximum atomic E-state index is 4.19. The zero-order valence-corrected chi connectivity index (χ0v) is 11.4. The maximum Gasteiger partial charge on any atom is 0.209 e. The highest BCUT2D eigenvalue weighted by Gasteiger charge is 2.22. The standard InChI is InChI=1S/C9H15BrN4S/c1-7-6-13(2)4-3-5-14(7)9-12-11-8(10)15-9/h7H,3-6H2,1-2H3. The number of hydrogen-bond acceptors (Lipinski definition) is 5. The molecule has 4 nitrogen and oxygen atoms in total. The van der Waals surface area contributed by atoms with Crippen molar-refractivity contribution in [3.63, 3.8) is 0 Å². The Kier molecular flexibility index (Phi) is 3.58. The van der Waals surface area contributed by atoms with Crippen molar-refractivity contribution in [3.05, 3.63) is 3.92 Å². The molecule has 1 saturated heterocycles. The third kappa shape index (κ3) is 2.68. The molecule has 1 unspecified atom stereocenters. The van der Waals surface area contributed by atoms with E-state index in [0.29, 0.717) is 6.04 Å². The Morgan fingerprint density at radius 1 is 1.40 bits per heavy atom. The molecular weight excluding hydrogens is 276 g/mol. The van der Waals surface area contributed by atoms with Crippen molar-refractivity contribution in [2.24, 2.45) is 0 Å². The average Bonchev–Trinajstić information content (AvgIpc) is 2.51. The molecule has 0 radical (unpaired) electrons. The number of nitrogens with zero attached hydrogens (tertiary/aromatic N) is 4. The van der Waals surface area contributed by atoms with E-state index in [0.717, 1.165) is 22.1 Å². The van der Waals surface area contributed by atoms with E-state index in [9.17, 15) is 0 Å². The lowest BCUT2D eigenvalue weighted by Crippen LogP contribution is -2.37. The second kappa shape index (κ2) is 4.76. The highest BCUT2D eigenvalue weighted by molar-refractivity contribution is 9.11. The lowest BCUT2D eigenvalue weighted by molar-refractivity contribution is 0.337. The predicted molar refractivity (Wildman–Crippen MR) is 66.5 cm³/mol. The topological polar surface area (TPSA) is 32.3 Å². The summed E-state index contributed by atoms with van der Waals surface area (Å²) in [6.07, 6.45) is 1.19. The van der Waals surface area contributed by atoms with Crippen LogP contribution in [0.25, 0.3) is 0 Å². The van der Waals surface area contributed by atoms with E-state index in [1.807, 2.05) is 0 Å². The van der Waals surface area contributed by atoms with Gasteiger partial charge in [-0.15, -0.1) is 10.2 Å². The Labute approximate surface area is 102 Å². The van der Waals surface area contributed by atoms with Gasteiger partial charge in [0, 0.05) is 19.1 Å². The first kappa shape index (κ1) is 11.3. The van der Waals surface area contributed by atoms with Gasteiger partial charge < -0.3 is 9.80 Å². The van der Waals surface area contributed by atoms with Crippen molar-refractivity contribution in [2.45, 2.75) is 19.4 Å². The van der Waals surface area contributed by atoms with E-state index in [2.05, 4.69) is 49.9 Å². The summed E-state index contributed by atoms with van der Waals surface area (Å²) in [5.41, 5.74) is 0. The van der Waals surface area contributed by atoms with Gasteiger partial charge in [-0.1, -0.05) is 11.3 Å². The Hall–Kier alpha value is -0.200. The molecular formula is C9H15BrN4S. The van der Waals surface area contributed by atoms with Crippen LogP contribution >= 0.6 is 27.3 Å². The molecule has 0 N–H and O–H groups in total. The number of aromatic nitrogens is 2. The van der Waals surface area contributed by atoms with Crippen LogP contribution in [0.2, 0.25) is 0 Å². The second-order valence-electron chi connectivity index (χ2n) is 4.00. The first-order chi connectivity index (χ1) is 7.16. The van der Waals surface area contributed by atoms with Crippen LogP contribution in [0.15, 0.2) is 3.92 Å². The SMILES string of the molecule is CC1CN(C)CCCN1c1nnc(Br)s1. The van der Waals surface area contributed by atoms with Gasteiger partial charge in [-0.3, -0.25) is 0 Å². The average molecular weight is 291 g/mol. The molecule has 0 amide bonds. The molecule has 0 saturated carbocycles. The van der Waals surface area contributed by atoms with Crippen molar-refractivity contribution in [2.75, 3.05) is 31.6 Å². The molecule has 0 aliphatic carbocycles. The molecule has 84 valence electrons. The minimum absolute atomic E-state index is 0.511. The van der Waals surface area contributed by atoms with Crippen molar-refractivity contribution in [1.29, 1.82) is 0 Å². The van der Waals surface area contributed by atoms with E-state index >= 15 is 0 Å². The summed E-state index contributed by atoms with van der Waals surface area (Å²) in [5.74, 6) is 0. The third-order valence-corrected chi connectivity index (χ3v) is 4.08. The van der Waals surface area contributed by atoms with E-state index in [-0.39, 0.29) is 0 Å². The zero-order valence-electron chi connectivity index (χ0n) is 8.98. The van der Waals surface area contributed by atoms with Crippen molar-refractivity contribution in [1.82, 2.24) is 15.1 Å². The Bertz CT molecular complexity index is 330. The number of rotatable bonds is 1. The number of halogens is 1. The summed E-state index contributed by atoms with van der Waals surface area (Å²) in [4.78, 5) is 4.73. The molecule has 1 aromatic rings. The van der Waals surface area contributed by atoms with Crippen LogP contribution in [0.3, 0.4) is 0 Å². The van der Waals surface area contributed by atoms with Gasteiger partial charge in [0.2, 0.25) is 5.13 Å². The quantitative estimate of drug-likeness (QED) is 0.790. The molecule has 1 aliphatic rings. The Balaban J connectivity index is 2.13. The van der Waals surface area contributed by atoms with Gasteiger partial charge in [-0.2, -0.15) is 0 Å². The molecule has 1 aliphatic heterocycles. The van der Waals surface area contributed by atoms with Gasteiger partial charge in [0.25, 0.3) is 0 Å². The lowest BCUT2D eigenvalue weighted by atomic mass is 10.3. The molecule has 0 spiro atoms. The molecule has 2 rings (SSSR count). The van der Waals surface area contributed by atoms with Crippen LogP contribution in [0.5, 0.6) is 0 Å². The molecule has 0 aromatic carbocycles. The summed E-state index contributed by atoms with van der Waals surface area (Å²) < 4.78 is 0.863. The number of hydrogen-bond donors (Lipinski definition) is 0. The third-order valence-electron chi connectivity index (χ3n) is 2.68. The first-order valence-corrected chi connectivity index (χ1v) is 6.72. The van der Waals surface area contributed by atoms with Gasteiger partial charge in [0.15, 0.2) is 3.92 Å². The van der Waals surface area contributed by atoms with E-state index < -0.39 is 0 Å². The van der Waals surface area contributed by atoms with Gasteiger partial charge in [-0.05, 0) is 42.9 Å². The Morgan fingerprint density at radius 2 is 2.20 bits per heavy atom. The zero-order chi connectivity index (χ0) is 10.8. The van der Waals surface area contributed by atoms with Gasteiger partial charge >= 0.3 is 0 Å². The minimum atomic E-state index is 0.511. The molecule has 1 atom stereocenters. The summed E-state index contributed by atoms with van der Waals surface area (Å²) in [5, 5.41) is 9.22. The van der Waals surface area contributed by atoms with E-state index in [4.69, 9.17) is 0 Å². The van der Waals surface area contributed by atoms with Crippen molar-refractivity contribution in [3.8, 4) is 0 Å². The Morgan fingerprint density at radius 3 is 2.87 bits per heavy atom. The van der Waals surface area contributed by atoms with E-state index in [1.54, 1.807) is 11.3 Å². The second-order valence-corrected chi connectivity index (χ2v) is 6.23. The smallest absolute Gasteiger partial charge is 0.209 e. The van der Waals surface area contributed by atoms with Crippen molar-refractivity contribution < 1.29 is 0 Å². The highest BCUT2D eigenvalue weighted by Crippen LogP contribution is 2.26. The maximum absolute atomic E-state index is 4.19. The predicted octanol–water partition coefficient (Wildman–Crippen LogP) is 1.83. The van der Waals surface area contributed by atoms with Crippen LogP contribution in [-0.2, 0) is 0 Å². The van der Waals surface area contributed by atoms with Gasteiger partial charge in [0.05, 0.1) is 0 Å². The molecule has 1 aromatic heterocycles.